The fourth-order valence-electron chi connectivity index (χ4n) is 2.49. The topological polar surface area (TPSA) is 49.8 Å². The molecule has 6 heteroatoms. The molecule has 1 aliphatic rings. The van der Waals surface area contributed by atoms with Crippen LogP contribution in [0.2, 0.25) is 10.0 Å². The number of ether oxygens (including phenoxy) is 1. The number of hydrogen-bond acceptors (Lipinski definition) is 3. The molecule has 0 aromatic heterocycles. The summed E-state index contributed by atoms with van der Waals surface area (Å²) < 4.78 is 5.32. The maximum absolute atomic E-state index is 11.3. The first-order valence-corrected chi connectivity index (χ1v) is 7.27. The molecule has 0 bridgehead atoms. The Hall–Kier alpha value is -0.810. The number of likely N-dealkylation sites (N-methyl/N-ethyl adjacent to an activating group) is 1. The molecule has 2 atom stereocenters. The van der Waals surface area contributed by atoms with E-state index in [1.165, 1.54) is 0 Å². The molecular weight excluding hydrogens is 301 g/mol. The lowest BCUT2D eigenvalue weighted by molar-refractivity contribution is -0.143. The number of halogens is 2. The van der Waals surface area contributed by atoms with Crippen molar-refractivity contribution in [3.8, 4) is 0 Å². The zero-order chi connectivity index (χ0) is 14.7. The maximum atomic E-state index is 11.3. The average Bonchev–Trinajstić information content (AvgIpc) is 2.88. The van der Waals surface area contributed by atoms with Crippen molar-refractivity contribution in [3.05, 3.63) is 33.8 Å². The SMILES string of the molecule is CCN(Cc1c(Cl)cccc1Cl)C1COCC1C(=O)O. The molecule has 1 aliphatic heterocycles. The molecule has 1 aromatic rings. The number of carboxylic acid groups (broad SMARTS) is 1. The summed E-state index contributed by atoms with van der Waals surface area (Å²) in [7, 11) is 0. The summed E-state index contributed by atoms with van der Waals surface area (Å²) in [4.78, 5) is 13.3. The van der Waals surface area contributed by atoms with Gasteiger partial charge >= 0.3 is 5.97 Å². The van der Waals surface area contributed by atoms with Gasteiger partial charge in [-0.15, -0.1) is 0 Å². The molecule has 0 radical (unpaired) electrons. The van der Waals surface area contributed by atoms with E-state index in [9.17, 15) is 9.90 Å². The molecule has 2 rings (SSSR count). The molecule has 1 saturated heterocycles. The Morgan fingerprint density at radius 3 is 2.60 bits per heavy atom. The van der Waals surface area contributed by atoms with Crippen LogP contribution < -0.4 is 0 Å². The van der Waals surface area contributed by atoms with Gasteiger partial charge in [0.25, 0.3) is 0 Å². The van der Waals surface area contributed by atoms with Crippen LogP contribution in [0.4, 0.5) is 0 Å². The number of benzene rings is 1. The lowest BCUT2D eigenvalue weighted by Crippen LogP contribution is -2.42. The highest BCUT2D eigenvalue weighted by Gasteiger charge is 2.37. The van der Waals surface area contributed by atoms with Crippen LogP contribution in [0.1, 0.15) is 12.5 Å². The number of carbonyl (C=O) groups is 1. The van der Waals surface area contributed by atoms with Crippen LogP contribution in [-0.2, 0) is 16.1 Å². The van der Waals surface area contributed by atoms with Crippen LogP contribution in [0.5, 0.6) is 0 Å². The van der Waals surface area contributed by atoms with E-state index in [0.29, 0.717) is 29.7 Å². The first-order valence-electron chi connectivity index (χ1n) is 6.52. The summed E-state index contributed by atoms with van der Waals surface area (Å²) in [5.74, 6) is -1.33. The minimum absolute atomic E-state index is 0.148. The van der Waals surface area contributed by atoms with Crippen molar-refractivity contribution in [1.82, 2.24) is 4.90 Å². The van der Waals surface area contributed by atoms with Gasteiger partial charge in [0.15, 0.2) is 0 Å². The highest BCUT2D eigenvalue weighted by atomic mass is 35.5. The van der Waals surface area contributed by atoms with E-state index in [2.05, 4.69) is 4.90 Å². The van der Waals surface area contributed by atoms with Crippen LogP contribution in [0, 0.1) is 5.92 Å². The van der Waals surface area contributed by atoms with Crippen LogP contribution in [0.15, 0.2) is 18.2 Å². The average molecular weight is 318 g/mol. The Kier molecular flexibility index (Phi) is 5.27. The number of carboxylic acids is 1. The second-order valence-corrected chi connectivity index (χ2v) is 5.63. The van der Waals surface area contributed by atoms with Crippen molar-refractivity contribution in [2.75, 3.05) is 19.8 Å². The van der Waals surface area contributed by atoms with E-state index >= 15 is 0 Å². The molecule has 1 N–H and O–H groups in total. The lowest BCUT2D eigenvalue weighted by atomic mass is 10.0. The Bertz CT molecular complexity index is 475. The van der Waals surface area contributed by atoms with Gasteiger partial charge in [-0.25, -0.2) is 0 Å². The number of rotatable bonds is 5. The summed E-state index contributed by atoms with van der Waals surface area (Å²) in [6.07, 6.45) is 0. The molecule has 2 unspecified atom stereocenters. The molecule has 4 nitrogen and oxygen atoms in total. The van der Waals surface area contributed by atoms with Gasteiger partial charge < -0.3 is 9.84 Å². The van der Waals surface area contributed by atoms with E-state index in [1.807, 2.05) is 6.92 Å². The summed E-state index contributed by atoms with van der Waals surface area (Å²) in [6, 6.07) is 5.22. The number of aliphatic carboxylic acids is 1. The summed E-state index contributed by atoms with van der Waals surface area (Å²) in [5.41, 5.74) is 0.828. The largest absolute Gasteiger partial charge is 0.481 e. The zero-order valence-electron chi connectivity index (χ0n) is 11.2. The smallest absolute Gasteiger partial charge is 0.310 e. The van der Waals surface area contributed by atoms with Crippen LogP contribution >= 0.6 is 23.2 Å². The second-order valence-electron chi connectivity index (χ2n) is 4.81. The van der Waals surface area contributed by atoms with Gasteiger partial charge in [0.2, 0.25) is 0 Å². The van der Waals surface area contributed by atoms with Crippen molar-refractivity contribution < 1.29 is 14.6 Å². The first kappa shape index (κ1) is 15.6. The van der Waals surface area contributed by atoms with Gasteiger partial charge in [0, 0.05) is 28.2 Å². The first-order chi connectivity index (χ1) is 9.54. The summed E-state index contributed by atoms with van der Waals surface area (Å²) >= 11 is 12.4. The van der Waals surface area contributed by atoms with E-state index in [1.54, 1.807) is 18.2 Å². The molecule has 20 heavy (non-hydrogen) atoms. The number of hydrogen-bond donors (Lipinski definition) is 1. The standard InChI is InChI=1S/C14H17Cl2NO3/c1-2-17(13-8-20-7-10(13)14(18)19)6-9-11(15)4-3-5-12(9)16/h3-5,10,13H,2,6-8H2,1H3,(H,18,19). The van der Waals surface area contributed by atoms with Crippen LogP contribution in [0.3, 0.4) is 0 Å². The highest BCUT2D eigenvalue weighted by molar-refractivity contribution is 6.35. The van der Waals surface area contributed by atoms with Gasteiger partial charge in [-0.1, -0.05) is 36.2 Å². The molecule has 1 heterocycles. The lowest BCUT2D eigenvalue weighted by Gasteiger charge is -2.29. The molecule has 0 amide bonds. The molecule has 1 fully saturated rings. The Labute approximate surface area is 128 Å². The predicted molar refractivity (Wildman–Crippen MR) is 78.3 cm³/mol. The monoisotopic (exact) mass is 317 g/mol. The van der Waals surface area contributed by atoms with Crippen molar-refractivity contribution in [2.24, 2.45) is 5.92 Å². The van der Waals surface area contributed by atoms with E-state index in [0.717, 1.165) is 5.56 Å². The minimum Gasteiger partial charge on any atom is -0.481 e. The maximum Gasteiger partial charge on any atom is 0.310 e. The Morgan fingerprint density at radius 2 is 2.05 bits per heavy atom. The minimum atomic E-state index is -0.823. The van der Waals surface area contributed by atoms with Gasteiger partial charge in [0.1, 0.15) is 0 Å². The summed E-state index contributed by atoms with van der Waals surface area (Å²) in [5, 5.41) is 10.4. The van der Waals surface area contributed by atoms with Crippen molar-refractivity contribution in [1.29, 1.82) is 0 Å². The van der Waals surface area contributed by atoms with Crippen LogP contribution in [0.25, 0.3) is 0 Å². The van der Waals surface area contributed by atoms with Crippen molar-refractivity contribution in [2.45, 2.75) is 19.5 Å². The van der Waals surface area contributed by atoms with Gasteiger partial charge in [0.05, 0.1) is 19.1 Å². The highest BCUT2D eigenvalue weighted by Crippen LogP contribution is 2.28. The third-order valence-electron chi connectivity index (χ3n) is 3.67. The normalized spacial score (nSPS) is 22.4. The molecule has 1 aromatic carbocycles. The van der Waals surface area contributed by atoms with Crippen molar-refractivity contribution >= 4 is 29.2 Å². The van der Waals surface area contributed by atoms with Crippen molar-refractivity contribution in [3.63, 3.8) is 0 Å². The third-order valence-corrected chi connectivity index (χ3v) is 4.37. The van der Waals surface area contributed by atoms with E-state index < -0.39 is 11.9 Å². The van der Waals surface area contributed by atoms with Gasteiger partial charge in [-0.2, -0.15) is 0 Å². The molecule has 0 aliphatic carbocycles. The molecule has 0 saturated carbocycles. The Balaban J connectivity index is 2.19. The fraction of sp³-hybridized carbons (Fsp3) is 0.500. The van der Waals surface area contributed by atoms with Gasteiger partial charge in [-0.3, -0.25) is 9.69 Å². The third kappa shape index (κ3) is 3.26. The molecule has 0 spiro atoms. The van der Waals surface area contributed by atoms with Crippen LogP contribution in [-0.4, -0.2) is 41.8 Å². The zero-order valence-corrected chi connectivity index (χ0v) is 12.7. The second kappa shape index (κ2) is 6.76. The predicted octanol–water partition coefficient (Wildman–Crippen LogP) is 2.91. The quantitative estimate of drug-likeness (QED) is 0.907. The van der Waals surface area contributed by atoms with Gasteiger partial charge in [-0.05, 0) is 18.7 Å². The molecular formula is C14H17Cl2NO3. The summed E-state index contributed by atoms with van der Waals surface area (Å²) in [6.45, 7) is 3.90. The Morgan fingerprint density at radius 1 is 1.40 bits per heavy atom. The molecule has 110 valence electrons. The van der Waals surface area contributed by atoms with E-state index in [4.69, 9.17) is 27.9 Å². The fourth-order valence-corrected chi connectivity index (χ4v) is 3.01. The van der Waals surface area contributed by atoms with E-state index in [-0.39, 0.29) is 12.6 Å². The number of nitrogens with zero attached hydrogens (tertiary/aromatic N) is 1.